The van der Waals surface area contributed by atoms with Gasteiger partial charge >= 0.3 is 0 Å². The van der Waals surface area contributed by atoms with E-state index in [4.69, 9.17) is 0 Å². The molecule has 0 unspecified atom stereocenters. The molecule has 0 aromatic heterocycles. The third-order valence-corrected chi connectivity index (χ3v) is 2.93. The van der Waals surface area contributed by atoms with Gasteiger partial charge in [0, 0.05) is 13.1 Å². The van der Waals surface area contributed by atoms with Gasteiger partial charge in [-0.25, -0.2) is 5.32 Å². The number of nitrogens with zero attached hydrogens (tertiary/aromatic N) is 2. The van der Waals surface area contributed by atoms with Crippen molar-refractivity contribution in [1.29, 1.82) is 5.26 Å². The molecule has 0 N–H and O–H groups in total. The second-order valence-corrected chi connectivity index (χ2v) is 3.73. The van der Waals surface area contributed by atoms with E-state index in [1.807, 2.05) is 18.2 Å². The normalized spacial score (nSPS) is 19.9. The summed E-state index contributed by atoms with van der Waals surface area (Å²) in [6, 6.07) is 12.6. The van der Waals surface area contributed by atoms with E-state index in [1.54, 1.807) is 0 Å². The van der Waals surface area contributed by atoms with Gasteiger partial charge in [-0.15, -0.1) is 0 Å². The van der Waals surface area contributed by atoms with Crippen molar-refractivity contribution in [3.05, 3.63) is 35.9 Å². The van der Waals surface area contributed by atoms with Gasteiger partial charge in [-0.3, -0.25) is 0 Å². The summed E-state index contributed by atoms with van der Waals surface area (Å²) in [7, 11) is 0. The molecule has 0 aliphatic carbocycles. The summed E-state index contributed by atoms with van der Waals surface area (Å²) in [5, 5.41) is 13.6. The van der Waals surface area contributed by atoms with Crippen molar-refractivity contribution in [3.8, 4) is 6.07 Å². The Labute approximate surface area is 84.6 Å². The van der Waals surface area contributed by atoms with Gasteiger partial charge in [-0.05, 0) is 18.4 Å². The van der Waals surface area contributed by atoms with Crippen LogP contribution < -0.4 is 5.32 Å². The molecule has 1 aromatic carbocycles. The first kappa shape index (κ1) is 9.23. The Hall–Kier alpha value is -1.33. The van der Waals surface area contributed by atoms with Crippen LogP contribution in [0.2, 0.25) is 0 Å². The Morgan fingerprint density at radius 2 is 1.79 bits per heavy atom. The fourth-order valence-electron chi connectivity index (χ4n) is 2.00. The largest absolute Gasteiger partial charge is 0.242 e. The molecule has 1 aromatic rings. The molecule has 71 valence electrons. The van der Waals surface area contributed by atoms with E-state index < -0.39 is 0 Å². The zero-order chi connectivity index (χ0) is 9.86. The number of hydrogen-bond donors (Lipinski definition) is 0. The van der Waals surface area contributed by atoms with E-state index in [0.29, 0.717) is 0 Å². The van der Waals surface area contributed by atoms with Gasteiger partial charge in [0.25, 0.3) is 0 Å². The van der Waals surface area contributed by atoms with E-state index in [0.717, 1.165) is 31.5 Å². The summed E-state index contributed by atoms with van der Waals surface area (Å²) in [6.45, 7) is 1.64. The molecule has 14 heavy (non-hydrogen) atoms. The van der Waals surface area contributed by atoms with E-state index >= 15 is 0 Å². The first-order chi connectivity index (χ1) is 6.87. The number of benzene rings is 1. The van der Waals surface area contributed by atoms with Crippen LogP contribution in [0.4, 0.5) is 0 Å². The predicted molar refractivity (Wildman–Crippen MR) is 54.8 cm³/mol. The van der Waals surface area contributed by atoms with Gasteiger partial charge in [0.1, 0.15) is 0 Å². The van der Waals surface area contributed by atoms with Gasteiger partial charge in [-0.2, -0.15) is 5.26 Å². The number of nitriles is 1. The number of piperidine rings is 1. The maximum Gasteiger partial charge on any atom is 0.0847 e. The first-order valence-corrected chi connectivity index (χ1v) is 4.97. The van der Waals surface area contributed by atoms with Gasteiger partial charge in [0.05, 0.1) is 11.5 Å². The number of hydrogen-bond acceptors (Lipinski definition) is 1. The molecular weight excluding hydrogens is 172 g/mol. The van der Waals surface area contributed by atoms with E-state index in [1.165, 1.54) is 0 Å². The van der Waals surface area contributed by atoms with Crippen LogP contribution >= 0.6 is 0 Å². The summed E-state index contributed by atoms with van der Waals surface area (Å²) in [6.07, 6.45) is 1.74. The van der Waals surface area contributed by atoms with Crippen molar-refractivity contribution in [1.82, 2.24) is 5.32 Å². The smallest absolute Gasteiger partial charge is 0.0847 e. The van der Waals surface area contributed by atoms with Crippen LogP contribution in [0, 0.1) is 11.3 Å². The molecule has 1 saturated heterocycles. The SMILES string of the molecule is N#CC1(c2ccccc2)CC[N]CC1. The van der Waals surface area contributed by atoms with Crippen LogP contribution in [0.25, 0.3) is 0 Å². The molecule has 0 amide bonds. The fraction of sp³-hybridized carbons (Fsp3) is 0.417. The summed E-state index contributed by atoms with van der Waals surface area (Å²) < 4.78 is 0. The minimum Gasteiger partial charge on any atom is -0.242 e. The highest BCUT2D eigenvalue weighted by atomic mass is 14.9. The lowest BCUT2D eigenvalue weighted by molar-refractivity contribution is 0.377. The standard InChI is InChI=1S/C12H13N2/c13-10-12(6-8-14-9-7-12)11-4-2-1-3-5-11/h1-5H,6-9H2. The van der Waals surface area contributed by atoms with Crippen molar-refractivity contribution < 1.29 is 0 Å². The lowest BCUT2D eigenvalue weighted by Crippen LogP contribution is -2.35. The summed E-state index contributed by atoms with van der Waals surface area (Å²) in [5.41, 5.74) is 0.876. The van der Waals surface area contributed by atoms with Gasteiger partial charge < -0.3 is 0 Å². The van der Waals surface area contributed by atoms with Crippen LogP contribution in [-0.4, -0.2) is 13.1 Å². The minimum absolute atomic E-state index is 0.275. The molecular formula is C12H13N2. The third-order valence-electron chi connectivity index (χ3n) is 2.93. The first-order valence-electron chi connectivity index (χ1n) is 4.97. The predicted octanol–water partition coefficient (Wildman–Crippen LogP) is 1.85. The van der Waals surface area contributed by atoms with Crippen molar-refractivity contribution in [2.24, 2.45) is 0 Å². The molecule has 1 fully saturated rings. The Morgan fingerprint density at radius 1 is 1.14 bits per heavy atom. The molecule has 0 bridgehead atoms. The molecule has 0 atom stereocenters. The van der Waals surface area contributed by atoms with Crippen LogP contribution in [0.15, 0.2) is 30.3 Å². The van der Waals surface area contributed by atoms with E-state index in [2.05, 4.69) is 23.5 Å². The van der Waals surface area contributed by atoms with Gasteiger partial charge in [-0.1, -0.05) is 30.3 Å². The van der Waals surface area contributed by atoms with Crippen LogP contribution in [0.3, 0.4) is 0 Å². The quantitative estimate of drug-likeness (QED) is 0.658. The van der Waals surface area contributed by atoms with Crippen LogP contribution in [0.1, 0.15) is 18.4 Å². The molecule has 2 heteroatoms. The maximum absolute atomic E-state index is 9.30. The second kappa shape index (κ2) is 3.81. The molecule has 1 radical (unpaired) electrons. The number of rotatable bonds is 1. The summed E-state index contributed by atoms with van der Waals surface area (Å²) in [5.74, 6) is 0. The second-order valence-electron chi connectivity index (χ2n) is 3.73. The molecule has 1 aliphatic heterocycles. The highest BCUT2D eigenvalue weighted by Gasteiger charge is 2.33. The fourth-order valence-corrected chi connectivity index (χ4v) is 2.00. The molecule has 1 heterocycles. The molecule has 0 spiro atoms. The Bertz CT molecular complexity index is 331. The highest BCUT2D eigenvalue weighted by Crippen LogP contribution is 2.32. The van der Waals surface area contributed by atoms with Crippen molar-refractivity contribution in [2.75, 3.05) is 13.1 Å². The van der Waals surface area contributed by atoms with Crippen molar-refractivity contribution in [3.63, 3.8) is 0 Å². The van der Waals surface area contributed by atoms with E-state index in [-0.39, 0.29) is 5.41 Å². The average Bonchev–Trinajstić information content (AvgIpc) is 2.31. The lowest BCUT2D eigenvalue weighted by atomic mass is 9.74. The lowest BCUT2D eigenvalue weighted by Gasteiger charge is -2.30. The van der Waals surface area contributed by atoms with Gasteiger partial charge in [0.2, 0.25) is 0 Å². The maximum atomic E-state index is 9.30. The summed E-state index contributed by atoms with van der Waals surface area (Å²) in [4.78, 5) is 0. The molecule has 2 nitrogen and oxygen atoms in total. The van der Waals surface area contributed by atoms with Crippen LogP contribution in [0.5, 0.6) is 0 Å². The molecule has 1 aliphatic rings. The Morgan fingerprint density at radius 3 is 2.36 bits per heavy atom. The molecule has 2 rings (SSSR count). The van der Waals surface area contributed by atoms with E-state index in [9.17, 15) is 5.26 Å². The van der Waals surface area contributed by atoms with Gasteiger partial charge in [0.15, 0.2) is 0 Å². The topological polar surface area (TPSA) is 37.9 Å². The highest BCUT2D eigenvalue weighted by molar-refractivity contribution is 5.32. The monoisotopic (exact) mass is 185 g/mol. The average molecular weight is 185 g/mol. The van der Waals surface area contributed by atoms with Crippen molar-refractivity contribution >= 4 is 0 Å². The third kappa shape index (κ3) is 1.51. The van der Waals surface area contributed by atoms with Crippen LogP contribution in [-0.2, 0) is 5.41 Å². The Kier molecular flexibility index (Phi) is 2.51. The summed E-state index contributed by atoms with van der Waals surface area (Å²) >= 11 is 0. The zero-order valence-corrected chi connectivity index (χ0v) is 8.11. The molecule has 0 saturated carbocycles. The minimum atomic E-state index is -0.275. The van der Waals surface area contributed by atoms with Crippen molar-refractivity contribution in [2.45, 2.75) is 18.3 Å². The Balaban J connectivity index is 2.33. The zero-order valence-electron chi connectivity index (χ0n) is 8.11.